The van der Waals surface area contributed by atoms with Crippen molar-refractivity contribution in [3.05, 3.63) is 0 Å². The fraction of sp³-hybridized carbons (Fsp3) is 1.00. The minimum absolute atomic E-state index is 0.670. The van der Waals surface area contributed by atoms with Crippen LogP contribution in [-0.4, -0.2) is 19.8 Å². The Hall–Kier alpha value is 0.310. The molecule has 0 fully saturated rings. The van der Waals surface area contributed by atoms with Gasteiger partial charge >= 0.3 is 8.60 Å². The van der Waals surface area contributed by atoms with E-state index in [9.17, 15) is 0 Å². The quantitative estimate of drug-likeness (QED) is 0.0511. The molecule has 0 aliphatic rings. The van der Waals surface area contributed by atoms with Gasteiger partial charge in [0.05, 0.1) is 19.8 Å². The summed E-state index contributed by atoms with van der Waals surface area (Å²) in [4.78, 5) is 0. The summed E-state index contributed by atoms with van der Waals surface area (Å²) in [6.45, 7) is 8.86. The molecular formula is C38H79O3P. The number of rotatable bonds is 38. The molecule has 0 saturated heterocycles. The first-order valence-corrected chi connectivity index (χ1v) is 20.6. The van der Waals surface area contributed by atoms with Crippen molar-refractivity contribution in [2.45, 2.75) is 226 Å². The molecule has 0 rings (SSSR count). The van der Waals surface area contributed by atoms with E-state index in [4.69, 9.17) is 13.6 Å². The monoisotopic (exact) mass is 615 g/mol. The normalized spacial score (nSPS) is 11.7. The predicted octanol–water partition coefficient (Wildman–Crippen LogP) is 14.8. The van der Waals surface area contributed by atoms with Crippen molar-refractivity contribution >= 4 is 8.60 Å². The van der Waals surface area contributed by atoms with Gasteiger partial charge in [0.1, 0.15) is 0 Å². The van der Waals surface area contributed by atoms with Crippen molar-refractivity contribution in [2.24, 2.45) is 0 Å². The lowest BCUT2D eigenvalue weighted by atomic mass is 10.0. The van der Waals surface area contributed by atoms with E-state index in [-0.39, 0.29) is 0 Å². The molecule has 0 aromatic carbocycles. The highest BCUT2D eigenvalue weighted by molar-refractivity contribution is 7.41. The Balaban J connectivity index is 3.34. The maximum Gasteiger partial charge on any atom is 0.332 e. The molecule has 0 radical (unpaired) electrons. The first kappa shape index (κ1) is 42.3. The Labute approximate surface area is 267 Å². The highest BCUT2D eigenvalue weighted by Crippen LogP contribution is 2.39. The van der Waals surface area contributed by atoms with E-state index in [1.54, 1.807) is 0 Å². The molecule has 0 heterocycles. The van der Waals surface area contributed by atoms with Crippen molar-refractivity contribution in [2.75, 3.05) is 19.8 Å². The van der Waals surface area contributed by atoms with Crippen LogP contribution in [-0.2, 0) is 13.6 Å². The summed E-state index contributed by atoms with van der Waals surface area (Å²) in [5, 5.41) is 0. The summed E-state index contributed by atoms with van der Waals surface area (Å²) in [7, 11) is -1.15. The second-order valence-corrected chi connectivity index (χ2v) is 14.1. The first-order chi connectivity index (χ1) is 20.8. The second kappa shape index (κ2) is 39.3. The molecule has 0 saturated carbocycles. The molecule has 0 spiro atoms. The van der Waals surface area contributed by atoms with Crippen LogP contribution in [0.2, 0.25) is 0 Å². The topological polar surface area (TPSA) is 27.7 Å². The Morgan fingerprint density at radius 3 is 0.690 bits per heavy atom. The minimum Gasteiger partial charge on any atom is -0.313 e. The number of unbranched alkanes of at least 4 members (excludes halogenated alkanes) is 30. The number of hydrogen-bond donors (Lipinski definition) is 0. The third kappa shape index (κ3) is 36.5. The van der Waals surface area contributed by atoms with Gasteiger partial charge in [0.25, 0.3) is 0 Å². The van der Waals surface area contributed by atoms with Gasteiger partial charge in [-0.15, -0.1) is 0 Å². The average Bonchev–Trinajstić information content (AvgIpc) is 3.00. The first-order valence-electron chi connectivity index (χ1n) is 19.5. The van der Waals surface area contributed by atoms with Crippen molar-refractivity contribution < 1.29 is 13.6 Å². The molecular weight excluding hydrogens is 535 g/mol. The van der Waals surface area contributed by atoms with E-state index < -0.39 is 8.60 Å². The van der Waals surface area contributed by atoms with Gasteiger partial charge in [-0.2, -0.15) is 0 Å². The lowest BCUT2D eigenvalue weighted by Crippen LogP contribution is -1.99. The highest BCUT2D eigenvalue weighted by Gasteiger charge is 2.11. The van der Waals surface area contributed by atoms with Crippen molar-refractivity contribution in [1.82, 2.24) is 0 Å². The maximum atomic E-state index is 5.95. The smallest absolute Gasteiger partial charge is 0.313 e. The van der Waals surface area contributed by atoms with Crippen LogP contribution in [0.4, 0.5) is 0 Å². The number of hydrogen-bond acceptors (Lipinski definition) is 3. The lowest BCUT2D eigenvalue weighted by Gasteiger charge is -2.16. The van der Waals surface area contributed by atoms with Gasteiger partial charge < -0.3 is 13.6 Å². The molecule has 0 amide bonds. The molecule has 0 bridgehead atoms. The largest absolute Gasteiger partial charge is 0.332 e. The van der Waals surface area contributed by atoms with Crippen LogP contribution in [0.3, 0.4) is 0 Å². The zero-order valence-corrected chi connectivity index (χ0v) is 30.3. The minimum atomic E-state index is -1.15. The highest BCUT2D eigenvalue weighted by atomic mass is 31.2. The summed E-state index contributed by atoms with van der Waals surface area (Å²) in [6, 6.07) is 0. The molecule has 0 aromatic rings. The summed E-state index contributed by atoms with van der Waals surface area (Å²) >= 11 is 0. The molecule has 0 N–H and O–H groups in total. The molecule has 4 heteroatoms. The van der Waals surface area contributed by atoms with Gasteiger partial charge in [0, 0.05) is 0 Å². The lowest BCUT2D eigenvalue weighted by molar-refractivity contribution is 0.160. The fourth-order valence-corrected chi connectivity index (χ4v) is 6.79. The van der Waals surface area contributed by atoms with E-state index in [0.717, 1.165) is 26.1 Å². The van der Waals surface area contributed by atoms with Crippen molar-refractivity contribution in [1.29, 1.82) is 0 Å². The molecule has 0 unspecified atom stereocenters. The van der Waals surface area contributed by atoms with Crippen LogP contribution in [0, 0.1) is 0 Å². The maximum absolute atomic E-state index is 5.95. The van der Waals surface area contributed by atoms with E-state index in [1.165, 1.54) is 193 Å². The van der Waals surface area contributed by atoms with E-state index >= 15 is 0 Å². The van der Waals surface area contributed by atoms with Gasteiger partial charge in [-0.3, -0.25) is 0 Å². The Morgan fingerprint density at radius 2 is 0.476 bits per heavy atom. The summed E-state index contributed by atoms with van der Waals surface area (Å²) in [5.41, 5.74) is 0. The fourth-order valence-electron chi connectivity index (χ4n) is 5.80. The molecule has 3 nitrogen and oxygen atoms in total. The Bertz CT molecular complexity index is 424. The molecule has 0 aliphatic heterocycles. The SMILES string of the molecule is CCCCCCCCCCCCCCCCCCOP(OCC)OCCCCCCCCCCCCCCCCCC. The molecule has 0 aromatic heterocycles. The molecule has 254 valence electrons. The summed E-state index contributed by atoms with van der Waals surface area (Å²) in [5.74, 6) is 0. The van der Waals surface area contributed by atoms with Gasteiger partial charge in [0.15, 0.2) is 0 Å². The summed E-state index contributed by atoms with van der Waals surface area (Å²) < 4.78 is 17.6. The standard InChI is InChI=1S/C38H79O3P/c1-4-7-9-11-13-15-17-19-21-23-25-27-29-31-33-35-37-40-42(39-6-3)41-38-36-34-32-30-28-26-24-22-20-18-16-14-12-10-8-5-2/h4-38H2,1-3H3. The van der Waals surface area contributed by atoms with E-state index in [1.807, 2.05) is 6.92 Å². The zero-order valence-electron chi connectivity index (χ0n) is 29.4. The van der Waals surface area contributed by atoms with Crippen LogP contribution < -0.4 is 0 Å². The van der Waals surface area contributed by atoms with Crippen LogP contribution in [0.5, 0.6) is 0 Å². The molecule has 0 aliphatic carbocycles. The predicted molar refractivity (Wildman–Crippen MR) is 190 cm³/mol. The van der Waals surface area contributed by atoms with Crippen molar-refractivity contribution in [3.63, 3.8) is 0 Å². The molecule has 42 heavy (non-hydrogen) atoms. The zero-order chi connectivity index (χ0) is 30.4. The second-order valence-electron chi connectivity index (χ2n) is 12.9. The Kier molecular flexibility index (Phi) is 39.6. The van der Waals surface area contributed by atoms with Gasteiger partial charge in [-0.1, -0.05) is 206 Å². The van der Waals surface area contributed by atoms with Crippen LogP contribution in [0.15, 0.2) is 0 Å². The van der Waals surface area contributed by atoms with E-state index in [0.29, 0.717) is 6.61 Å². The third-order valence-electron chi connectivity index (χ3n) is 8.62. The van der Waals surface area contributed by atoms with Crippen LogP contribution >= 0.6 is 8.60 Å². The van der Waals surface area contributed by atoms with Crippen LogP contribution in [0.1, 0.15) is 226 Å². The summed E-state index contributed by atoms with van der Waals surface area (Å²) in [6.07, 6.45) is 44.7. The van der Waals surface area contributed by atoms with Gasteiger partial charge in [-0.05, 0) is 19.8 Å². The average molecular weight is 615 g/mol. The van der Waals surface area contributed by atoms with Crippen molar-refractivity contribution in [3.8, 4) is 0 Å². The Morgan fingerprint density at radius 1 is 0.262 bits per heavy atom. The third-order valence-corrected chi connectivity index (χ3v) is 9.88. The van der Waals surface area contributed by atoms with Crippen LogP contribution in [0.25, 0.3) is 0 Å². The van der Waals surface area contributed by atoms with Gasteiger partial charge in [-0.25, -0.2) is 0 Å². The molecule has 0 atom stereocenters. The van der Waals surface area contributed by atoms with Gasteiger partial charge in [0.2, 0.25) is 0 Å². The van der Waals surface area contributed by atoms with E-state index in [2.05, 4.69) is 13.8 Å².